The average Bonchev–Trinajstić information content (AvgIpc) is 3.16. The largest absolute Gasteiger partial charge is 0.435 e. The van der Waals surface area contributed by atoms with Crippen LogP contribution in [0.15, 0.2) is 29.6 Å². The SMILES string of the molecule is CC(C)(C)c1nc(CN2CCN(C(=O)CCc3ccc(OC(F)F)cc3)CC2)cs1. The van der Waals surface area contributed by atoms with E-state index in [1.807, 2.05) is 4.90 Å². The van der Waals surface area contributed by atoms with Crippen LogP contribution in [0.4, 0.5) is 8.78 Å². The number of hydrogen-bond acceptors (Lipinski definition) is 5. The van der Waals surface area contributed by atoms with Gasteiger partial charge in [0.05, 0.1) is 10.7 Å². The van der Waals surface area contributed by atoms with Gasteiger partial charge in [0.2, 0.25) is 5.91 Å². The summed E-state index contributed by atoms with van der Waals surface area (Å²) in [5.41, 5.74) is 2.11. The zero-order valence-electron chi connectivity index (χ0n) is 17.7. The molecule has 30 heavy (non-hydrogen) atoms. The number of carbonyl (C=O) groups is 1. The molecule has 2 heterocycles. The topological polar surface area (TPSA) is 45.7 Å². The van der Waals surface area contributed by atoms with Gasteiger partial charge in [-0.2, -0.15) is 8.78 Å². The second-order valence-corrected chi connectivity index (χ2v) is 9.43. The van der Waals surface area contributed by atoms with E-state index in [-0.39, 0.29) is 17.1 Å². The minimum absolute atomic E-state index is 0.0737. The monoisotopic (exact) mass is 437 g/mol. The van der Waals surface area contributed by atoms with Gasteiger partial charge in [-0.15, -0.1) is 11.3 Å². The summed E-state index contributed by atoms with van der Waals surface area (Å²) in [5, 5.41) is 3.29. The zero-order chi connectivity index (χ0) is 21.7. The van der Waals surface area contributed by atoms with Crippen molar-refractivity contribution in [3.63, 3.8) is 0 Å². The fraction of sp³-hybridized carbons (Fsp3) is 0.545. The van der Waals surface area contributed by atoms with Crippen LogP contribution in [-0.2, 0) is 23.2 Å². The van der Waals surface area contributed by atoms with Gasteiger partial charge in [-0.3, -0.25) is 9.69 Å². The van der Waals surface area contributed by atoms with Crippen LogP contribution in [0.1, 0.15) is 43.5 Å². The van der Waals surface area contributed by atoms with Crippen molar-refractivity contribution >= 4 is 17.2 Å². The van der Waals surface area contributed by atoms with Gasteiger partial charge in [-0.25, -0.2) is 4.98 Å². The first-order valence-electron chi connectivity index (χ1n) is 10.2. The van der Waals surface area contributed by atoms with E-state index in [0.717, 1.165) is 49.0 Å². The number of carbonyl (C=O) groups excluding carboxylic acids is 1. The Morgan fingerprint density at radius 2 is 1.83 bits per heavy atom. The summed E-state index contributed by atoms with van der Waals surface area (Å²) in [5.74, 6) is 0.261. The molecule has 8 heteroatoms. The van der Waals surface area contributed by atoms with Gasteiger partial charge in [-0.05, 0) is 24.1 Å². The predicted octanol–water partition coefficient (Wildman–Crippen LogP) is 4.32. The lowest BCUT2D eigenvalue weighted by molar-refractivity contribution is -0.133. The summed E-state index contributed by atoms with van der Waals surface area (Å²) in [7, 11) is 0. The average molecular weight is 438 g/mol. The van der Waals surface area contributed by atoms with Crippen molar-refractivity contribution in [3.05, 3.63) is 45.9 Å². The molecule has 0 bridgehead atoms. The van der Waals surface area contributed by atoms with Gasteiger partial charge in [0.15, 0.2) is 0 Å². The van der Waals surface area contributed by atoms with E-state index in [2.05, 4.69) is 35.8 Å². The van der Waals surface area contributed by atoms with Crippen LogP contribution < -0.4 is 4.74 Å². The standard InChI is InChI=1S/C22H29F2N3O2S/c1-22(2,3)20-25-17(15-30-20)14-26-10-12-27(13-11-26)19(28)9-6-16-4-7-18(8-5-16)29-21(23)24/h4-5,7-8,15,21H,6,9-14H2,1-3H3. The lowest BCUT2D eigenvalue weighted by atomic mass is 9.98. The van der Waals surface area contributed by atoms with Crippen molar-refractivity contribution in [2.75, 3.05) is 26.2 Å². The molecule has 0 aliphatic carbocycles. The number of rotatable bonds is 7. The fourth-order valence-corrected chi connectivity index (χ4v) is 4.25. The predicted molar refractivity (Wildman–Crippen MR) is 114 cm³/mol. The molecule has 0 unspecified atom stereocenters. The molecule has 0 spiro atoms. The van der Waals surface area contributed by atoms with E-state index < -0.39 is 6.61 Å². The summed E-state index contributed by atoms with van der Waals surface area (Å²) >= 11 is 1.71. The molecule has 0 saturated carbocycles. The van der Waals surface area contributed by atoms with Crippen LogP contribution in [0, 0.1) is 0 Å². The molecular weight excluding hydrogens is 408 g/mol. The van der Waals surface area contributed by atoms with Crippen LogP contribution in [0.2, 0.25) is 0 Å². The summed E-state index contributed by atoms with van der Waals surface area (Å²) in [4.78, 5) is 21.5. The summed E-state index contributed by atoms with van der Waals surface area (Å²) in [6, 6.07) is 6.47. The first kappa shape index (κ1) is 22.6. The highest BCUT2D eigenvalue weighted by atomic mass is 32.1. The van der Waals surface area contributed by atoms with Crippen LogP contribution in [-0.4, -0.2) is 53.5 Å². The molecule has 1 amide bonds. The highest BCUT2D eigenvalue weighted by molar-refractivity contribution is 7.09. The Kier molecular flexibility index (Phi) is 7.41. The molecule has 164 valence electrons. The minimum Gasteiger partial charge on any atom is -0.435 e. The van der Waals surface area contributed by atoms with Gasteiger partial charge in [0.1, 0.15) is 5.75 Å². The molecule has 3 rings (SSSR count). The van der Waals surface area contributed by atoms with Gasteiger partial charge < -0.3 is 9.64 Å². The van der Waals surface area contributed by atoms with Crippen molar-refractivity contribution in [1.29, 1.82) is 0 Å². The van der Waals surface area contributed by atoms with Crippen LogP contribution in [0.25, 0.3) is 0 Å². The van der Waals surface area contributed by atoms with Crippen molar-refractivity contribution in [2.45, 2.75) is 52.2 Å². The number of hydrogen-bond donors (Lipinski definition) is 0. The molecule has 2 aromatic rings. The summed E-state index contributed by atoms with van der Waals surface area (Å²) in [6.07, 6.45) is 0.999. The quantitative estimate of drug-likeness (QED) is 0.647. The van der Waals surface area contributed by atoms with Gasteiger partial charge in [0, 0.05) is 49.9 Å². The number of amides is 1. The van der Waals surface area contributed by atoms with Crippen LogP contribution >= 0.6 is 11.3 Å². The number of thiazole rings is 1. The Bertz CT molecular complexity index is 826. The number of nitrogens with zero attached hydrogens (tertiary/aromatic N) is 3. The Hall–Kier alpha value is -2.06. The van der Waals surface area contributed by atoms with Crippen LogP contribution in [0.3, 0.4) is 0 Å². The number of ether oxygens (including phenoxy) is 1. The number of halogens is 2. The molecule has 0 radical (unpaired) electrons. The lowest BCUT2D eigenvalue weighted by Gasteiger charge is -2.34. The third-order valence-corrected chi connectivity index (χ3v) is 6.40. The highest BCUT2D eigenvalue weighted by Crippen LogP contribution is 2.26. The second-order valence-electron chi connectivity index (χ2n) is 8.57. The number of piperazine rings is 1. The van der Waals surface area contributed by atoms with Crippen molar-refractivity contribution in [2.24, 2.45) is 0 Å². The smallest absolute Gasteiger partial charge is 0.387 e. The van der Waals surface area contributed by atoms with E-state index in [1.54, 1.807) is 23.5 Å². The van der Waals surface area contributed by atoms with E-state index in [9.17, 15) is 13.6 Å². The highest BCUT2D eigenvalue weighted by Gasteiger charge is 2.23. The first-order chi connectivity index (χ1) is 14.2. The maximum atomic E-state index is 12.5. The maximum Gasteiger partial charge on any atom is 0.387 e. The van der Waals surface area contributed by atoms with Gasteiger partial charge in [0.25, 0.3) is 0 Å². The first-order valence-corrected chi connectivity index (χ1v) is 11.1. The maximum absolute atomic E-state index is 12.5. The lowest BCUT2D eigenvalue weighted by Crippen LogP contribution is -2.48. The minimum atomic E-state index is -2.83. The molecular formula is C22H29F2N3O2S. The van der Waals surface area contributed by atoms with Crippen molar-refractivity contribution in [1.82, 2.24) is 14.8 Å². The number of aromatic nitrogens is 1. The number of benzene rings is 1. The number of aryl methyl sites for hydroxylation is 1. The summed E-state index contributed by atoms with van der Waals surface area (Å²) < 4.78 is 28.7. The van der Waals surface area contributed by atoms with Crippen molar-refractivity contribution in [3.8, 4) is 5.75 Å². The second kappa shape index (κ2) is 9.83. The Labute approximate surface area is 180 Å². The van der Waals surface area contributed by atoms with E-state index in [1.165, 1.54) is 12.1 Å². The molecule has 1 fully saturated rings. The molecule has 1 aliphatic heterocycles. The van der Waals surface area contributed by atoms with E-state index >= 15 is 0 Å². The van der Waals surface area contributed by atoms with Gasteiger partial charge >= 0.3 is 6.61 Å². The van der Waals surface area contributed by atoms with Gasteiger partial charge in [-0.1, -0.05) is 32.9 Å². The third-order valence-electron chi connectivity index (χ3n) is 5.08. The fourth-order valence-electron chi connectivity index (χ4n) is 3.36. The third kappa shape index (κ3) is 6.47. The molecule has 0 atom stereocenters. The Morgan fingerprint density at radius 1 is 1.17 bits per heavy atom. The number of alkyl halides is 2. The van der Waals surface area contributed by atoms with E-state index in [0.29, 0.717) is 12.8 Å². The molecule has 1 aliphatic rings. The summed E-state index contributed by atoms with van der Waals surface area (Å²) in [6.45, 7) is 7.63. The molecule has 1 saturated heterocycles. The normalized spacial score (nSPS) is 15.6. The molecule has 1 aromatic carbocycles. The molecule has 5 nitrogen and oxygen atoms in total. The van der Waals surface area contributed by atoms with Crippen molar-refractivity contribution < 1.29 is 18.3 Å². The van der Waals surface area contributed by atoms with Crippen LogP contribution in [0.5, 0.6) is 5.75 Å². The Morgan fingerprint density at radius 3 is 2.40 bits per heavy atom. The van der Waals surface area contributed by atoms with E-state index in [4.69, 9.17) is 4.98 Å². The Balaban J connectivity index is 1.41. The molecule has 1 aromatic heterocycles. The molecule has 0 N–H and O–H groups in total. The zero-order valence-corrected chi connectivity index (χ0v) is 18.6.